The Labute approximate surface area is 158 Å². The molecule has 0 fully saturated rings. The maximum atomic E-state index is 12.3. The third-order valence-electron chi connectivity index (χ3n) is 4.18. The van der Waals surface area contributed by atoms with E-state index in [9.17, 15) is 4.79 Å². The number of anilines is 2. The molecule has 0 aliphatic heterocycles. The van der Waals surface area contributed by atoms with Crippen molar-refractivity contribution in [3.63, 3.8) is 0 Å². The van der Waals surface area contributed by atoms with Crippen LogP contribution in [0.4, 0.5) is 11.5 Å². The SMILES string of the molecule is COc1ccccc1CNC(=O)c1ccc(Nc2cc(C)ccc2C)nn1. The van der Waals surface area contributed by atoms with E-state index < -0.39 is 0 Å². The second-order valence-corrected chi connectivity index (χ2v) is 6.24. The maximum absolute atomic E-state index is 12.3. The summed E-state index contributed by atoms with van der Waals surface area (Å²) in [6.07, 6.45) is 0. The number of hydrogen-bond donors (Lipinski definition) is 2. The largest absolute Gasteiger partial charge is 0.496 e. The van der Waals surface area contributed by atoms with Crippen LogP contribution in [-0.2, 0) is 6.54 Å². The van der Waals surface area contributed by atoms with Gasteiger partial charge in [0.05, 0.1) is 7.11 Å². The summed E-state index contributed by atoms with van der Waals surface area (Å²) in [5, 5.41) is 14.2. The average Bonchev–Trinajstić information content (AvgIpc) is 2.69. The fraction of sp³-hybridized carbons (Fsp3) is 0.190. The van der Waals surface area contributed by atoms with Crippen molar-refractivity contribution in [2.75, 3.05) is 12.4 Å². The van der Waals surface area contributed by atoms with Crippen LogP contribution in [0.15, 0.2) is 54.6 Å². The normalized spacial score (nSPS) is 10.3. The standard InChI is InChI=1S/C21H22N4O2/c1-14-8-9-15(2)18(12-14)23-20-11-10-17(24-25-20)21(26)22-13-16-6-4-5-7-19(16)27-3/h4-12H,13H2,1-3H3,(H,22,26)(H,23,25). The topological polar surface area (TPSA) is 76.1 Å². The molecule has 138 valence electrons. The van der Waals surface area contributed by atoms with E-state index in [2.05, 4.69) is 26.9 Å². The number of hydrogen-bond acceptors (Lipinski definition) is 5. The molecule has 27 heavy (non-hydrogen) atoms. The zero-order valence-corrected chi connectivity index (χ0v) is 15.6. The molecule has 0 aliphatic carbocycles. The molecular weight excluding hydrogens is 340 g/mol. The smallest absolute Gasteiger partial charge is 0.272 e. The highest BCUT2D eigenvalue weighted by Crippen LogP contribution is 2.20. The number of para-hydroxylation sites is 1. The Kier molecular flexibility index (Phi) is 5.66. The predicted octanol–water partition coefficient (Wildman–Crippen LogP) is 3.78. The van der Waals surface area contributed by atoms with Crippen molar-refractivity contribution in [2.45, 2.75) is 20.4 Å². The fourth-order valence-corrected chi connectivity index (χ4v) is 2.64. The van der Waals surface area contributed by atoms with Crippen LogP contribution >= 0.6 is 0 Å². The van der Waals surface area contributed by atoms with Gasteiger partial charge >= 0.3 is 0 Å². The van der Waals surface area contributed by atoms with E-state index in [1.807, 2.05) is 50.2 Å². The lowest BCUT2D eigenvalue weighted by Gasteiger charge is -2.10. The van der Waals surface area contributed by atoms with Gasteiger partial charge in [-0.15, -0.1) is 10.2 Å². The summed E-state index contributed by atoms with van der Waals surface area (Å²) < 4.78 is 5.29. The number of amides is 1. The monoisotopic (exact) mass is 362 g/mol. The van der Waals surface area contributed by atoms with Crippen LogP contribution in [0.1, 0.15) is 27.2 Å². The number of methoxy groups -OCH3 is 1. The van der Waals surface area contributed by atoms with Crippen LogP contribution in [-0.4, -0.2) is 23.2 Å². The van der Waals surface area contributed by atoms with Gasteiger partial charge in [-0.1, -0.05) is 30.3 Å². The Morgan fingerprint density at radius 3 is 2.59 bits per heavy atom. The fourth-order valence-electron chi connectivity index (χ4n) is 2.64. The molecular formula is C21H22N4O2. The second-order valence-electron chi connectivity index (χ2n) is 6.24. The molecule has 0 atom stereocenters. The van der Waals surface area contributed by atoms with Crippen molar-refractivity contribution < 1.29 is 9.53 Å². The molecule has 0 aliphatic rings. The van der Waals surface area contributed by atoms with Crippen molar-refractivity contribution in [1.29, 1.82) is 0 Å². The minimum absolute atomic E-state index is 0.261. The Balaban J connectivity index is 1.64. The first-order valence-corrected chi connectivity index (χ1v) is 8.65. The molecule has 0 saturated carbocycles. The maximum Gasteiger partial charge on any atom is 0.272 e. The second kappa shape index (κ2) is 8.31. The Morgan fingerprint density at radius 1 is 1.04 bits per heavy atom. The molecule has 6 nitrogen and oxygen atoms in total. The Morgan fingerprint density at radius 2 is 1.85 bits per heavy atom. The molecule has 0 radical (unpaired) electrons. The third kappa shape index (κ3) is 4.61. The molecule has 1 amide bonds. The number of carbonyl (C=O) groups is 1. The number of nitrogens with one attached hydrogen (secondary N) is 2. The lowest BCUT2D eigenvalue weighted by molar-refractivity contribution is 0.0944. The molecule has 1 heterocycles. The van der Waals surface area contributed by atoms with Gasteiger partial charge in [-0.05, 0) is 49.2 Å². The Bertz CT molecular complexity index is 939. The number of aromatic nitrogens is 2. The summed E-state index contributed by atoms with van der Waals surface area (Å²) in [6.45, 7) is 4.41. The highest BCUT2D eigenvalue weighted by molar-refractivity contribution is 5.92. The van der Waals surface area contributed by atoms with Crippen LogP contribution in [0.25, 0.3) is 0 Å². The van der Waals surface area contributed by atoms with Crippen LogP contribution in [0.3, 0.4) is 0 Å². The zero-order valence-electron chi connectivity index (χ0n) is 15.6. The minimum Gasteiger partial charge on any atom is -0.496 e. The van der Waals surface area contributed by atoms with Crippen molar-refractivity contribution in [3.05, 3.63) is 77.0 Å². The molecule has 0 bridgehead atoms. The number of benzene rings is 2. The highest BCUT2D eigenvalue weighted by atomic mass is 16.5. The first-order valence-electron chi connectivity index (χ1n) is 8.65. The molecule has 1 aromatic heterocycles. The summed E-state index contributed by atoms with van der Waals surface area (Å²) >= 11 is 0. The summed E-state index contributed by atoms with van der Waals surface area (Å²) in [5.41, 5.74) is 4.40. The van der Waals surface area contributed by atoms with E-state index in [4.69, 9.17) is 4.74 Å². The third-order valence-corrected chi connectivity index (χ3v) is 4.18. The van der Waals surface area contributed by atoms with E-state index >= 15 is 0 Å². The highest BCUT2D eigenvalue weighted by Gasteiger charge is 2.10. The molecule has 3 rings (SSSR count). The average molecular weight is 362 g/mol. The molecule has 0 unspecified atom stereocenters. The van der Waals surface area contributed by atoms with Crippen molar-refractivity contribution >= 4 is 17.4 Å². The van der Waals surface area contributed by atoms with Gasteiger partial charge in [-0.25, -0.2) is 0 Å². The van der Waals surface area contributed by atoms with Crippen molar-refractivity contribution in [2.24, 2.45) is 0 Å². The molecule has 0 spiro atoms. The van der Waals surface area contributed by atoms with E-state index in [1.54, 1.807) is 19.2 Å². The van der Waals surface area contributed by atoms with E-state index in [0.717, 1.165) is 28.1 Å². The van der Waals surface area contributed by atoms with Gasteiger partial charge in [0.15, 0.2) is 11.5 Å². The predicted molar refractivity (Wildman–Crippen MR) is 105 cm³/mol. The quantitative estimate of drug-likeness (QED) is 0.698. The van der Waals surface area contributed by atoms with Gasteiger partial charge in [0.1, 0.15) is 5.75 Å². The number of rotatable bonds is 6. The van der Waals surface area contributed by atoms with E-state index in [-0.39, 0.29) is 11.6 Å². The first-order chi connectivity index (χ1) is 13.1. The van der Waals surface area contributed by atoms with Crippen LogP contribution < -0.4 is 15.4 Å². The molecule has 2 N–H and O–H groups in total. The molecule has 2 aromatic carbocycles. The Hall–Kier alpha value is -3.41. The summed E-state index contributed by atoms with van der Waals surface area (Å²) in [6, 6.07) is 17.1. The van der Waals surface area contributed by atoms with Gasteiger partial charge in [-0.2, -0.15) is 0 Å². The lowest BCUT2D eigenvalue weighted by Crippen LogP contribution is -2.24. The number of ether oxygens (including phenoxy) is 1. The molecule has 6 heteroatoms. The molecule has 0 saturated heterocycles. The lowest BCUT2D eigenvalue weighted by atomic mass is 10.1. The summed E-state index contributed by atoms with van der Waals surface area (Å²) in [5.74, 6) is 1.04. The summed E-state index contributed by atoms with van der Waals surface area (Å²) in [7, 11) is 1.60. The van der Waals surface area contributed by atoms with Gasteiger partial charge in [0.2, 0.25) is 0 Å². The van der Waals surface area contributed by atoms with E-state index in [1.165, 1.54) is 0 Å². The van der Waals surface area contributed by atoms with Gasteiger partial charge < -0.3 is 15.4 Å². The van der Waals surface area contributed by atoms with E-state index in [0.29, 0.717) is 12.4 Å². The van der Waals surface area contributed by atoms with Gasteiger partial charge in [-0.3, -0.25) is 4.79 Å². The number of carbonyl (C=O) groups excluding carboxylic acids is 1. The van der Waals surface area contributed by atoms with Crippen molar-refractivity contribution in [1.82, 2.24) is 15.5 Å². The first kappa shape index (κ1) is 18.4. The van der Waals surface area contributed by atoms with Crippen LogP contribution in [0.2, 0.25) is 0 Å². The van der Waals surface area contributed by atoms with Crippen LogP contribution in [0.5, 0.6) is 5.75 Å². The number of nitrogens with zero attached hydrogens (tertiary/aromatic N) is 2. The minimum atomic E-state index is -0.285. The molecule has 3 aromatic rings. The number of aryl methyl sites for hydroxylation is 2. The van der Waals surface area contributed by atoms with Gasteiger partial charge in [0, 0.05) is 17.8 Å². The van der Waals surface area contributed by atoms with Crippen LogP contribution in [0, 0.1) is 13.8 Å². The van der Waals surface area contributed by atoms with Crippen molar-refractivity contribution in [3.8, 4) is 5.75 Å². The summed E-state index contributed by atoms with van der Waals surface area (Å²) in [4.78, 5) is 12.3. The van der Waals surface area contributed by atoms with Gasteiger partial charge in [0.25, 0.3) is 5.91 Å². The zero-order chi connectivity index (χ0) is 19.2.